The van der Waals surface area contributed by atoms with Gasteiger partial charge >= 0.3 is 5.97 Å². The van der Waals surface area contributed by atoms with Crippen molar-refractivity contribution in [1.29, 1.82) is 0 Å². The van der Waals surface area contributed by atoms with Crippen molar-refractivity contribution in [2.75, 3.05) is 13.1 Å². The van der Waals surface area contributed by atoms with E-state index in [1.165, 1.54) is 0 Å². The summed E-state index contributed by atoms with van der Waals surface area (Å²) < 4.78 is 0. The van der Waals surface area contributed by atoms with E-state index in [0.29, 0.717) is 13.1 Å². The Morgan fingerprint density at radius 1 is 1.40 bits per heavy atom. The van der Waals surface area contributed by atoms with Crippen LogP contribution in [0.25, 0.3) is 0 Å². The molecule has 0 aromatic heterocycles. The number of carboxylic acids is 1. The van der Waals surface area contributed by atoms with Crippen molar-refractivity contribution in [2.24, 2.45) is 11.3 Å². The number of hydrogen-bond acceptors (Lipinski definition) is 3. The van der Waals surface area contributed by atoms with Crippen molar-refractivity contribution < 1.29 is 14.7 Å². The van der Waals surface area contributed by atoms with Gasteiger partial charge in [-0.05, 0) is 5.41 Å². The van der Waals surface area contributed by atoms with E-state index in [-0.39, 0.29) is 11.8 Å². The Balaban J connectivity index is 2.58. The summed E-state index contributed by atoms with van der Waals surface area (Å²) in [6.45, 7) is 6.67. The summed E-state index contributed by atoms with van der Waals surface area (Å²) in [4.78, 5) is 22.6. The van der Waals surface area contributed by atoms with Gasteiger partial charge in [-0.3, -0.25) is 4.79 Å². The Kier molecular flexibility index (Phi) is 3.34. The molecule has 1 atom stereocenters. The summed E-state index contributed by atoms with van der Waals surface area (Å²) in [6, 6.07) is -0.828. The molecule has 1 fully saturated rings. The van der Waals surface area contributed by atoms with Crippen LogP contribution >= 0.6 is 0 Å². The molecule has 1 aliphatic heterocycles. The van der Waals surface area contributed by atoms with E-state index in [4.69, 9.17) is 5.11 Å². The first-order chi connectivity index (χ1) is 6.82. The maximum Gasteiger partial charge on any atom is 0.326 e. The molecule has 0 bridgehead atoms. The van der Waals surface area contributed by atoms with E-state index in [9.17, 15) is 9.59 Å². The van der Waals surface area contributed by atoms with Crippen LogP contribution < -0.4 is 10.6 Å². The molecule has 0 saturated carbocycles. The number of carbonyl (C=O) groups is 2. The van der Waals surface area contributed by atoms with E-state index in [2.05, 4.69) is 10.6 Å². The maximum absolute atomic E-state index is 11.6. The third kappa shape index (κ3) is 2.92. The maximum atomic E-state index is 11.6. The lowest BCUT2D eigenvalue weighted by Crippen LogP contribution is -2.56. The standard InChI is InChI=1S/C10H18N2O3/c1-10(2,3)7(9(14)15)12-8(13)6-4-11-5-6/h6-7,11H,4-5H2,1-3H3,(H,12,13)(H,14,15)/t7-/m0/s1. The van der Waals surface area contributed by atoms with Crippen LogP contribution in [0.15, 0.2) is 0 Å². The van der Waals surface area contributed by atoms with Gasteiger partial charge in [0.15, 0.2) is 0 Å². The van der Waals surface area contributed by atoms with Crippen molar-refractivity contribution in [3.05, 3.63) is 0 Å². The van der Waals surface area contributed by atoms with Crippen LogP contribution in [0, 0.1) is 11.3 Å². The number of nitrogens with one attached hydrogen (secondary N) is 2. The van der Waals surface area contributed by atoms with Gasteiger partial charge in [-0.15, -0.1) is 0 Å². The van der Waals surface area contributed by atoms with Gasteiger partial charge in [0.25, 0.3) is 0 Å². The molecule has 0 aliphatic carbocycles. The molecule has 1 heterocycles. The van der Waals surface area contributed by atoms with Gasteiger partial charge in [0, 0.05) is 13.1 Å². The third-order valence-electron chi connectivity index (χ3n) is 2.55. The molecule has 1 saturated heterocycles. The molecule has 15 heavy (non-hydrogen) atoms. The fraction of sp³-hybridized carbons (Fsp3) is 0.800. The number of amides is 1. The van der Waals surface area contributed by atoms with E-state index in [0.717, 1.165) is 0 Å². The fourth-order valence-electron chi connectivity index (χ4n) is 1.38. The van der Waals surface area contributed by atoms with Gasteiger partial charge in [0.1, 0.15) is 6.04 Å². The number of carboxylic acid groups (broad SMARTS) is 1. The lowest BCUT2D eigenvalue weighted by Gasteiger charge is -2.32. The summed E-state index contributed by atoms with van der Waals surface area (Å²) in [7, 11) is 0. The molecular formula is C10H18N2O3. The van der Waals surface area contributed by atoms with Crippen LogP contribution in [0.3, 0.4) is 0 Å². The summed E-state index contributed by atoms with van der Waals surface area (Å²) in [5.74, 6) is -1.23. The Bertz CT molecular complexity index is 266. The molecule has 3 N–H and O–H groups in total. The summed E-state index contributed by atoms with van der Waals surface area (Å²) in [5, 5.41) is 14.6. The molecule has 5 heteroatoms. The van der Waals surface area contributed by atoms with E-state index >= 15 is 0 Å². The van der Waals surface area contributed by atoms with Crippen LogP contribution in [-0.4, -0.2) is 36.1 Å². The molecular weight excluding hydrogens is 196 g/mol. The van der Waals surface area contributed by atoms with Crippen LogP contribution in [-0.2, 0) is 9.59 Å². The van der Waals surface area contributed by atoms with E-state index < -0.39 is 17.4 Å². The first-order valence-electron chi connectivity index (χ1n) is 5.06. The van der Waals surface area contributed by atoms with Crippen LogP contribution in [0.2, 0.25) is 0 Å². The monoisotopic (exact) mass is 214 g/mol. The van der Waals surface area contributed by atoms with Crippen molar-refractivity contribution in [1.82, 2.24) is 10.6 Å². The number of hydrogen-bond donors (Lipinski definition) is 3. The highest BCUT2D eigenvalue weighted by molar-refractivity contribution is 5.86. The molecule has 1 amide bonds. The highest BCUT2D eigenvalue weighted by Crippen LogP contribution is 2.20. The van der Waals surface area contributed by atoms with Gasteiger partial charge in [-0.1, -0.05) is 20.8 Å². The molecule has 86 valence electrons. The summed E-state index contributed by atoms with van der Waals surface area (Å²) in [6.07, 6.45) is 0. The van der Waals surface area contributed by atoms with Crippen molar-refractivity contribution in [3.63, 3.8) is 0 Å². The Labute approximate surface area is 89.2 Å². The Morgan fingerprint density at radius 3 is 2.20 bits per heavy atom. The number of aliphatic carboxylic acids is 1. The largest absolute Gasteiger partial charge is 0.480 e. The van der Waals surface area contributed by atoms with E-state index in [1.807, 2.05) is 0 Å². The molecule has 0 aromatic rings. The van der Waals surface area contributed by atoms with Crippen LogP contribution in [0.1, 0.15) is 20.8 Å². The second kappa shape index (κ2) is 4.18. The second-order valence-electron chi connectivity index (χ2n) is 5.00. The SMILES string of the molecule is CC(C)(C)[C@@H](NC(=O)C1CNC1)C(=O)O. The number of carbonyl (C=O) groups excluding carboxylic acids is 1. The molecule has 1 rings (SSSR count). The Morgan fingerprint density at radius 2 is 1.93 bits per heavy atom. The lowest BCUT2D eigenvalue weighted by atomic mass is 9.86. The molecule has 0 spiro atoms. The molecule has 0 aromatic carbocycles. The Hall–Kier alpha value is -1.10. The first-order valence-corrected chi connectivity index (χ1v) is 5.06. The lowest BCUT2D eigenvalue weighted by molar-refractivity contribution is -0.145. The van der Waals surface area contributed by atoms with Crippen molar-refractivity contribution in [3.8, 4) is 0 Å². The normalized spacial score (nSPS) is 19.1. The molecule has 0 unspecified atom stereocenters. The predicted molar refractivity (Wildman–Crippen MR) is 55.4 cm³/mol. The van der Waals surface area contributed by atoms with Crippen LogP contribution in [0.4, 0.5) is 0 Å². The second-order valence-corrected chi connectivity index (χ2v) is 5.00. The topological polar surface area (TPSA) is 78.4 Å². The van der Waals surface area contributed by atoms with Crippen LogP contribution in [0.5, 0.6) is 0 Å². The highest BCUT2D eigenvalue weighted by Gasteiger charge is 2.35. The first kappa shape index (κ1) is 12.0. The van der Waals surface area contributed by atoms with Crippen molar-refractivity contribution in [2.45, 2.75) is 26.8 Å². The van der Waals surface area contributed by atoms with E-state index in [1.54, 1.807) is 20.8 Å². The molecule has 5 nitrogen and oxygen atoms in total. The minimum atomic E-state index is -0.983. The van der Waals surface area contributed by atoms with Crippen molar-refractivity contribution >= 4 is 11.9 Å². The predicted octanol–water partition coefficient (Wildman–Crippen LogP) is -0.179. The number of rotatable bonds is 3. The zero-order valence-electron chi connectivity index (χ0n) is 9.33. The minimum absolute atomic E-state index is 0.0748. The fourth-order valence-corrected chi connectivity index (χ4v) is 1.38. The molecule has 0 radical (unpaired) electrons. The summed E-state index contributed by atoms with van der Waals surface area (Å²) >= 11 is 0. The zero-order chi connectivity index (χ0) is 11.6. The zero-order valence-corrected chi connectivity index (χ0v) is 9.33. The highest BCUT2D eigenvalue weighted by atomic mass is 16.4. The van der Waals surface area contributed by atoms with Gasteiger partial charge in [0.05, 0.1) is 5.92 Å². The van der Waals surface area contributed by atoms with Gasteiger partial charge in [0.2, 0.25) is 5.91 Å². The minimum Gasteiger partial charge on any atom is -0.480 e. The third-order valence-corrected chi connectivity index (χ3v) is 2.55. The molecule has 1 aliphatic rings. The quantitative estimate of drug-likeness (QED) is 0.609. The van der Waals surface area contributed by atoms with Gasteiger partial charge < -0.3 is 15.7 Å². The van der Waals surface area contributed by atoms with Gasteiger partial charge in [-0.25, -0.2) is 4.79 Å². The van der Waals surface area contributed by atoms with Gasteiger partial charge in [-0.2, -0.15) is 0 Å². The average Bonchev–Trinajstić information content (AvgIpc) is 1.93. The smallest absolute Gasteiger partial charge is 0.326 e. The summed E-state index contributed by atoms with van der Waals surface area (Å²) in [5.41, 5.74) is -0.474. The average molecular weight is 214 g/mol.